The quantitative estimate of drug-likeness (QED) is 0.407. The van der Waals surface area contributed by atoms with Gasteiger partial charge >= 0.3 is 0 Å². The number of thioether (sulfide) groups is 1. The van der Waals surface area contributed by atoms with E-state index in [-0.39, 0.29) is 12.1 Å². The lowest BCUT2D eigenvalue weighted by Crippen LogP contribution is -2.41. The van der Waals surface area contributed by atoms with Crippen LogP contribution >= 0.6 is 23.3 Å². The first-order valence-corrected chi connectivity index (χ1v) is 11.1. The summed E-state index contributed by atoms with van der Waals surface area (Å²) in [6, 6.07) is 12.0. The molecule has 0 aliphatic carbocycles. The van der Waals surface area contributed by atoms with Crippen LogP contribution < -0.4 is 0 Å². The van der Waals surface area contributed by atoms with Crippen LogP contribution in [-0.2, 0) is 12.1 Å². The van der Waals surface area contributed by atoms with E-state index < -0.39 is 22.5 Å². The van der Waals surface area contributed by atoms with Crippen LogP contribution in [0.3, 0.4) is 0 Å². The van der Waals surface area contributed by atoms with Gasteiger partial charge in [0.2, 0.25) is 0 Å². The molecule has 32 heavy (non-hydrogen) atoms. The fourth-order valence-corrected chi connectivity index (χ4v) is 5.15. The van der Waals surface area contributed by atoms with Crippen molar-refractivity contribution in [2.45, 2.75) is 28.7 Å². The van der Waals surface area contributed by atoms with Crippen molar-refractivity contribution in [2.24, 2.45) is 0 Å². The normalized spacial score (nSPS) is 14.0. The number of benzene rings is 2. The molecule has 0 saturated heterocycles. The Morgan fingerprint density at radius 3 is 2.69 bits per heavy atom. The largest absolute Gasteiger partial charge is 0.382 e. The van der Waals surface area contributed by atoms with Gasteiger partial charge in [0.1, 0.15) is 29.9 Å². The second-order valence-electron chi connectivity index (χ2n) is 6.97. The van der Waals surface area contributed by atoms with Crippen molar-refractivity contribution in [1.29, 1.82) is 5.26 Å². The smallest absolute Gasteiger partial charge is 0.174 e. The lowest BCUT2D eigenvalue weighted by Gasteiger charge is -2.33. The van der Waals surface area contributed by atoms with Crippen LogP contribution in [0.25, 0.3) is 11.4 Å². The molecule has 4 aromatic rings. The minimum absolute atomic E-state index is 0.0498. The van der Waals surface area contributed by atoms with E-state index in [0.717, 1.165) is 29.2 Å². The summed E-state index contributed by atoms with van der Waals surface area (Å²) in [6.07, 6.45) is 2.73. The third-order valence-corrected chi connectivity index (χ3v) is 6.96. The molecule has 0 bridgehead atoms. The van der Waals surface area contributed by atoms with Gasteiger partial charge in [0.25, 0.3) is 0 Å². The molecule has 4 rings (SSSR count). The van der Waals surface area contributed by atoms with Crippen molar-refractivity contribution >= 4 is 23.3 Å². The Morgan fingerprint density at radius 2 is 2.03 bits per heavy atom. The predicted octanol–water partition coefficient (Wildman–Crippen LogP) is 4.02. The lowest BCUT2D eigenvalue weighted by atomic mass is 9.90. The molecule has 0 aliphatic heterocycles. The van der Waals surface area contributed by atoms with Crippen molar-refractivity contribution in [3.05, 3.63) is 77.9 Å². The van der Waals surface area contributed by atoms with Crippen molar-refractivity contribution in [3.63, 3.8) is 0 Å². The maximum Gasteiger partial charge on any atom is 0.174 e. The number of halogens is 2. The summed E-state index contributed by atoms with van der Waals surface area (Å²) in [5.41, 5.74) is -0.503. The molecule has 0 saturated carbocycles. The van der Waals surface area contributed by atoms with E-state index in [0.29, 0.717) is 15.7 Å². The SMILES string of the molecule is CC(Sc1nc(-c2ccc(C#N)cc2)ns1)C(O)(Cn1cncn1)c1ccc(F)cc1F. The number of rotatable bonds is 7. The van der Waals surface area contributed by atoms with E-state index in [4.69, 9.17) is 5.26 Å². The van der Waals surface area contributed by atoms with Crippen molar-refractivity contribution in [2.75, 3.05) is 0 Å². The molecule has 162 valence electrons. The molecule has 2 heterocycles. The topological polar surface area (TPSA) is 101 Å². The van der Waals surface area contributed by atoms with Gasteiger partial charge in [-0.3, -0.25) is 0 Å². The number of nitrogens with zero attached hydrogens (tertiary/aromatic N) is 6. The van der Waals surface area contributed by atoms with E-state index in [9.17, 15) is 13.9 Å². The Kier molecular flexibility index (Phi) is 6.27. The van der Waals surface area contributed by atoms with Gasteiger partial charge in [0.05, 0.1) is 18.2 Å². The van der Waals surface area contributed by atoms with Gasteiger partial charge in [-0.25, -0.2) is 23.4 Å². The van der Waals surface area contributed by atoms with E-state index in [1.165, 1.54) is 35.2 Å². The van der Waals surface area contributed by atoms with Crippen LogP contribution in [0, 0.1) is 23.0 Å². The highest BCUT2D eigenvalue weighted by Gasteiger charge is 2.40. The second kappa shape index (κ2) is 9.12. The zero-order valence-corrected chi connectivity index (χ0v) is 18.3. The second-order valence-corrected chi connectivity index (χ2v) is 9.31. The number of aromatic nitrogens is 5. The number of hydrogen-bond donors (Lipinski definition) is 1. The van der Waals surface area contributed by atoms with Crippen LogP contribution in [0.5, 0.6) is 0 Å². The maximum atomic E-state index is 14.7. The van der Waals surface area contributed by atoms with Crippen molar-refractivity contribution in [1.82, 2.24) is 24.1 Å². The van der Waals surface area contributed by atoms with Crippen LogP contribution in [0.2, 0.25) is 0 Å². The van der Waals surface area contributed by atoms with Gasteiger partial charge in [-0.2, -0.15) is 14.7 Å². The first-order chi connectivity index (χ1) is 15.4. The van der Waals surface area contributed by atoms with Gasteiger partial charge < -0.3 is 5.11 Å². The highest BCUT2D eigenvalue weighted by Crippen LogP contribution is 2.40. The van der Waals surface area contributed by atoms with Gasteiger partial charge in [-0.1, -0.05) is 17.8 Å². The summed E-state index contributed by atoms with van der Waals surface area (Å²) < 4.78 is 34.4. The Balaban J connectivity index is 1.62. The minimum Gasteiger partial charge on any atom is -0.382 e. The molecule has 0 spiro atoms. The van der Waals surface area contributed by atoms with Gasteiger partial charge in [0.15, 0.2) is 10.2 Å². The lowest BCUT2D eigenvalue weighted by molar-refractivity contribution is 0.0133. The molecular weight excluding hydrogens is 454 g/mol. The number of nitriles is 1. The van der Waals surface area contributed by atoms with E-state index in [1.54, 1.807) is 31.2 Å². The molecule has 2 aromatic carbocycles. The monoisotopic (exact) mass is 470 g/mol. The van der Waals surface area contributed by atoms with Crippen LogP contribution in [-0.4, -0.2) is 34.5 Å². The Hall–Kier alpha value is -3.20. The fourth-order valence-electron chi connectivity index (χ4n) is 3.15. The van der Waals surface area contributed by atoms with Crippen LogP contribution in [0.4, 0.5) is 8.78 Å². The first-order valence-electron chi connectivity index (χ1n) is 9.40. The molecule has 0 radical (unpaired) electrons. The number of aliphatic hydroxyl groups is 1. The summed E-state index contributed by atoms with van der Waals surface area (Å²) in [7, 11) is 0. The average molecular weight is 471 g/mol. The van der Waals surface area contributed by atoms with Crippen LogP contribution in [0.1, 0.15) is 18.1 Å². The zero-order chi connectivity index (χ0) is 22.7. The maximum absolute atomic E-state index is 14.7. The van der Waals surface area contributed by atoms with Gasteiger partial charge in [-0.05, 0) is 48.8 Å². The molecular formula is C21H16F2N6OS2. The Labute approximate surface area is 190 Å². The van der Waals surface area contributed by atoms with Gasteiger partial charge in [-0.15, -0.1) is 0 Å². The summed E-state index contributed by atoms with van der Waals surface area (Å²) in [6.45, 7) is 1.64. The summed E-state index contributed by atoms with van der Waals surface area (Å²) in [4.78, 5) is 8.37. The van der Waals surface area contributed by atoms with Crippen molar-refractivity contribution < 1.29 is 13.9 Å². The molecule has 7 nitrogen and oxygen atoms in total. The molecule has 0 aliphatic rings. The summed E-state index contributed by atoms with van der Waals surface area (Å²) in [5.74, 6) is -1.09. The predicted molar refractivity (Wildman–Crippen MR) is 116 cm³/mol. The molecule has 2 atom stereocenters. The molecule has 2 aromatic heterocycles. The average Bonchev–Trinajstić information content (AvgIpc) is 3.46. The molecule has 11 heteroatoms. The minimum atomic E-state index is -1.74. The van der Waals surface area contributed by atoms with E-state index >= 15 is 0 Å². The first kappa shape index (κ1) is 22.0. The molecule has 0 fully saturated rings. The summed E-state index contributed by atoms with van der Waals surface area (Å²) >= 11 is 2.37. The third-order valence-electron chi connectivity index (χ3n) is 4.90. The standard InChI is InChI=1S/C21H16F2N6OS2/c1-13(31-20-27-19(28-32-20)15-4-2-14(9-24)3-5-15)21(30,10-29-12-25-11-26-29)17-7-6-16(22)8-18(17)23/h2-8,11-13,30H,10H2,1H3. The molecule has 1 N–H and O–H groups in total. The zero-order valence-electron chi connectivity index (χ0n) is 16.7. The van der Waals surface area contributed by atoms with E-state index in [1.807, 2.05) is 0 Å². The Bertz CT molecular complexity index is 1260. The third kappa shape index (κ3) is 4.52. The van der Waals surface area contributed by atoms with Gasteiger partial charge in [0, 0.05) is 22.4 Å². The highest BCUT2D eigenvalue weighted by molar-refractivity contribution is 8.01. The van der Waals surface area contributed by atoms with Crippen LogP contribution in [0.15, 0.2) is 59.5 Å². The van der Waals surface area contributed by atoms with E-state index in [2.05, 4.69) is 25.5 Å². The Morgan fingerprint density at radius 1 is 1.25 bits per heavy atom. The number of hydrogen-bond acceptors (Lipinski definition) is 8. The summed E-state index contributed by atoms with van der Waals surface area (Å²) in [5, 5.41) is 23.9. The highest BCUT2D eigenvalue weighted by atomic mass is 32.2. The van der Waals surface area contributed by atoms with Crippen molar-refractivity contribution in [3.8, 4) is 17.5 Å². The molecule has 2 unspecified atom stereocenters. The fraction of sp³-hybridized carbons (Fsp3) is 0.190. The molecule has 0 amide bonds.